The van der Waals surface area contributed by atoms with Crippen molar-refractivity contribution in [2.75, 3.05) is 13.2 Å². The van der Waals surface area contributed by atoms with Gasteiger partial charge in [-0.15, -0.1) is 0 Å². The molecule has 0 aromatic rings. The van der Waals surface area contributed by atoms with Crippen molar-refractivity contribution < 1.29 is 23.2 Å². The van der Waals surface area contributed by atoms with Crippen molar-refractivity contribution in [3.8, 4) is 0 Å². The van der Waals surface area contributed by atoms with Gasteiger partial charge in [-0.05, 0) is 6.42 Å². The molecule has 0 spiro atoms. The highest BCUT2D eigenvalue weighted by Gasteiger charge is 2.45. The summed E-state index contributed by atoms with van der Waals surface area (Å²) in [6, 6.07) is 1.23. The normalized spacial score (nSPS) is 17.8. The quantitative estimate of drug-likeness (QED) is 0.693. The second-order valence-electron chi connectivity index (χ2n) is 5.25. The Labute approximate surface area is 109 Å². The zero-order chi connectivity index (χ0) is 13.8. The van der Waals surface area contributed by atoms with E-state index in [4.69, 9.17) is 13.6 Å². The number of rotatable bonds is 6. The van der Waals surface area contributed by atoms with Crippen LogP contribution in [0, 0.1) is 5.41 Å². The van der Waals surface area contributed by atoms with Gasteiger partial charge in [0.15, 0.2) is 0 Å². The molecule has 18 heavy (non-hydrogen) atoms. The molecule has 0 unspecified atom stereocenters. The van der Waals surface area contributed by atoms with Gasteiger partial charge < -0.3 is 13.6 Å². The Morgan fingerprint density at radius 2 is 1.72 bits per heavy atom. The van der Waals surface area contributed by atoms with Crippen molar-refractivity contribution >= 4 is 20.5 Å². The standard InChI is InChI=1S/C12H22O5Si/c1-5-18(16-10(2)13,17-11(3)14)7-6-12(4)8-15-9-12/h5-9H2,1-4H3. The molecule has 0 amide bonds. The summed E-state index contributed by atoms with van der Waals surface area (Å²) >= 11 is 0. The van der Waals surface area contributed by atoms with Crippen molar-refractivity contribution in [3.63, 3.8) is 0 Å². The number of carbonyl (C=O) groups excluding carboxylic acids is 2. The molecule has 5 nitrogen and oxygen atoms in total. The van der Waals surface area contributed by atoms with Crippen LogP contribution in [0.4, 0.5) is 0 Å². The molecule has 0 aliphatic carbocycles. The van der Waals surface area contributed by atoms with Crippen molar-refractivity contribution in [3.05, 3.63) is 0 Å². The van der Waals surface area contributed by atoms with Gasteiger partial charge in [0, 0.05) is 31.4 Å². The van der Waals surface area contributed by atoms with Gasteiger partial charge in [-0.1, -0.05) is 13.8 Å². The molecular weight excluding hydrogens is 252 g/mol. The highest BCUT2D eigenvalue weighted by Crippen LogP contribution is 2.35. The van der Waals surface area contributed by atoms with E-state index in [1.165, 1.54) is 13.8 Å². The van der Waals surface area contributed by atoms with Crippen LogP contribution < -0.4 is 0 Å². The van der Waals surface area contributed by atoms with E-state index in [2.05, 4.69) is 6.92 Å². The molecule has 0 aromatic carbocycles. The number of carbonyl (C=O) groups is 2. The number of hydrogen-bond donors (Lipinski definition) is 0. The summed E-state index contributed by atoms with van der Waals surface area (Å²) in [5.74, 6) is -0.750. The highest BCUT2D eigenvalue weighted by atomic mass is 28.4. The summed E-state index contributed by atoms with van der Waals surface area (Å²) < 4.78 is 16.0. The van der Waals surface area contributed by atoms with E-state index in [1.54, 1.807) is 0 Å². The molecule has 0 saturated carbocycles. The van der Waals surface area contributed by atoms with Crippen LogP contribution in [-0.4, -0.2) is 33.7 Å². The van der Waals surface area contributed by atoms with E-state index < -0.39 is 8.56 Å². The minimum Gasteiger partial charge on any atom is -0.485 e. The molecule has 1 rings (SSSR count). The summed E-state index contributed by atoms with van der Waals surface area (Å²) in [7, 11) is -2.74. The van der Waals surface area contributed by atoms with E-state index in [0.717, 1.165) is 19.6 Å². The molecular formula is C12H22O5Si. The van der Waals surface area contributed by atoms with Crippen LogP contribution in [0.5, 0.6) is 0 Å². The summed E-state index contributed by atoms with van der Waals surface area (Å²) in [5.41, 5.74) is 0.133. The minimum absolute atomic E-state index is 0.133. The van der Waals surface area contributed by atoms with Crippen LogP contribution in [0.25, 0.3) is 0 Å². The lowest BCUT2D eigenvalue weighted by molar-refractivity contribution is -0.139. The molecule has 0 aromatic heterocycles. The average molecular weight is 274 g/mol. The second-order valence-corrected chi connectivity index (χ2v) is 8.69. The number of hydrogen-bond acceptors (Lipinski definition) is 5. The molecule has 1 aliphatic heterocycles. The van der Waals surface area contributed by atoms with Gasteiger partial charge in [-0.2, -0.15) is 0 Å². The van der Waals surface area contributed by atoms with Crippen LogP contribution in [0.15, 0.2) is 0 Å². The van der Waals surface area contributed by atoms with Gasteiger partial charge in [-0.3, -0.25) is 9.59 Å². The molecule has 1 fully saturated rings. The molecule has 0 bridgehead atoms. The highest BCUT2D eigenvalue weighted by molar-refractivity contribution is 6.70. The first-order valence-corrected chi connectivity index (χ1v) is 8.51. The summed E-state index contributed by atoms with van der Waals surface area (Å²) in [6.45, 7) is 8.19. The maximum atomic E-state index is 11.2. The third-order valence-electron chi connectivity index (χ3n) is 3.21. The van der Waals surface area contributed by atoms with Crippen molar-refractivity contribution in [2.24, 2.45) is 5.41 Å². The first kappa shape index (κ1) is 15.2. The maximum absolute atomic E-state index is 11.2. The first-order chi connectivity index (χ1) is 8.31. The molecule has 0 N–H and O–H groups in total. The molecule has 1 aliphatic rings. The Hall–Kier alpha value is -0.883. The van der Waals surface area contributed by atoms with Crippen LogP contribution in [-0.2, 0) is 23.2 Å². The van der Waals surface area contributed by atoms with Gasteiger partial charge in [0.1, 0.15) is 0 Å². The van der Waals surface area contributed by atoms with E-state index in [0.29, 0.717) is 12.1 Å². The van der Waals surface area contributed by atoms with Gasteiger partial charge >= 0.3 is 8.56 Å². The van der Waals surface area contributed by atoms with E-state index in [9.17, 15) is 9.59 Å². The summed E-state index contributed by atoms with van der Waals surface area (Å²) in [5, 5.41) is 0. The van der Waals surface area contributed by atoms with Gasteiger partial charge in [0.25, 0.3) is 11.9 Å². The minimum atomic E-state index is -2.74. The lowest BCUT2D eigenvalue weighted by atomic mass is 9.86. The predicted octanol–water partition coefficient (Wildman–Crippen LogP) is 2.00. The zero-order valence-corrected chi connectivity index (χ0v) is 12.6. The fourth-order valence-corrected chi connectivity index (χ4v) is 4.98. The zero-order valence-electron chi connectivity index (χ0n) is 11.6. The van der Waals surface area contributed by atoms with E-state index >= 15 is 0 Å². The maximum Gasteiger partial charge on any atom is 0.463 e. The van der Waals surface area contributed by atoms with Crippen LogP contribution in [0.2, 0.25) is 12.1 Å². The third kappa shape index (κ3) is 4.10. The fraction of sp³-hybridized carbons (Fsp3) is 0.833. The van der Waals surface area contributed by atoms with Gasteiger partial charge in [0.05, 0.1) is 13.2 Å². The van der Waals surface area contributed by atoms with E-state index in [-0.39, 0.29) is 17.4 Å². The summed E-state index contributed by atoms with van der Waals surface area (Å²) in [6.07, 6.45) is 0.855. The van der Waals surface area contributed by atoms with Crippen molar-refractivity contribution in [1.82, 2.24) is 0 Å². The smallest absolute Gasteiger partial charge is 0.463 e. The first-order valence-electron chi connectivity index (χ1n) is 6.28. The Balaban J connectivity index is 2.67. The predicted molar refractivity (Wildman–Crippen MR) is 68.1 cm³/mol. The molecule has 0 radical (unpaired) electrons. The van der Waals surface area contributed by atoms with Crippen molar-refractivity contribution in [2.45, 2.75) is 46.2 Å². The van der Waals surface area contributed by atoms with Crippen molar-refractivity contribution in [1.29, 1.82) is 0 Å². The lowest BCUT2D eigenvalue weighted by Gasteiger charge is -2.40. The van der Waals surface area contributed by atoms with E-state index in [1.807, 2.05) is 6.92 Å². The monoisotopic (exact) mass is 274 g/mol. The van der Waals surface area contributed by atoms with Crippen LogP contribution in [0.3, 0.4) is 0 Å². The molecule has 0 atom stereocenters. The molecule has 104 valence electrons. The fourth-order valence-electron chi connectivity index (χ4n) is 2.05. The molecule has 1 heterocycles. The Kier molecular flexibility index (Phi) is 4.92. The third-order valence-corrected chi connectivity index (χ3v) is 6.62. The Morgan fingerprint density at radius 3 is 2.00 bits per heavy atom. The van der Waals surface area contributed by atoms with Crippen LogP contribution in [0.1, 0.15) is 34.1 Å². The molecule has 6 heteroatoms. The second kappa shape index (κ2) is 5.84. The Bertz CT molecular complexity index is 308. The van der Waals surface area contributed by atoms with Gasteiger partial charge in [0.2, 0.25) is 0 Å². The molecule has 1 saturated heterocycles. The number of ether oxygens (including phenoxy) is 1. The van der Waals surface area contributed by atoms with Gasteiger partial charge in [-0.25, -0.2) is 0 Å². The Morgan fingerprint density at radius 1 is 1.22 bits per heavy atom. The average Bonchev–Trinajstić information content (AvgIpc) is 2.21. The SMILES string of the molecule is CC[Si](CCC1(C)COC1)(OC(C)=O)OC(C)=O. The topological polar surface area (TPSA) is 61.8 Å². The van der Waals surface area contributed by atoms with Crippen LogP contribution >= 0.6 is 0 Å². The largest absolute Gasteiger partial charge is 0.485 e. The lowest BCUT2D eigenvalue weighted by Crippen LogP contribution is -2.47. The summed E-state index contributed by atoms with van der Waals surface area (Å²) in [4.78, 5) is 22.4.